The van der Waals surface area contributed by atoms with Crippen molar-refractivity contribution < 1.29 is 0 Å². The Bertz CT molecular complexity index is 3540. The molecular formula is C60H42N2S. The minimum Gasteiger partial charge on any atom is -0.310 e. The van der Waals surface area contributed by atoms with Crippen LogP contribution in [0.25, 0.3) is 86.8 Å². The van der Waals surface area contributed by atoms with Gasteiger partial charge in [0.2, 0.25) is 0 Å². The van der Waals surface area contributed by atoms with Crippen LogP contribution in [-0.2, 0) is 5.41 Å². The SMILES string of the molecule is CC1(C)c2ccccc2-c2ccc(N(c3ccc(-c4cccc5c4sc4ccccc45)cc3)c3cccc(-c4nc5ccccc5cc4-c4ccccc4-c4ccccc4)c3)cc21. The smallest absolute Gasteiger partial charge is 0.0789 e. The van der Waals surface area contributed by atoms with E-state index in [2.05, 4.69) is 237 Å². The number of benzene rings is 9. The van der Waals surface area contributed by atoms with Crippen molar-refractivity contribution in [1.29, 1.82) is 0 Å². The number of pyridine rings is 1. The Morgan fingerprint density at radius 3 is 1.89 bits per heavy atom. The first kappa shape index (κ1) is 37.2. The summed E-state index contributed by atoms with van der Waals surface area (Å²) in [4.78, 5) is 7.88. The Kier molecular flexibility index (Phi) is 8.74. The van der Waals surface area contributed by atoms with Crippen molar-refractivity contribution in [2.45, 2.75) is 19.3 Å². The van der Waals surface area contributed by atoms with E-state index in [0.717, 1.165) is 50.3 Å². The van der Waals surface area contributed by atoms with Gasteiger partial charge in [0.05, 0.1) is 11.2 Å². The van der Waals surface area contributed by atoms with E-state index in [-0.39, 0.29) is 5.41 Å². The zero-order valence-electron chi connectivity index (χ0n) is 35.1. The zero-order chi connectivity index (χ0) is 42.1. The van der Waals surface area contributed by atoms with Crippen LogP contribution in [0.1, 0.15) is 25.0 Å². The highest BCUT2D eigenvalue weighted by atomic mass is 32.1. The standard InChI is InChI=1S/C60H42N2S/c1-60(2)54-27-11-9-23-49(54)50-35-34-45(38-55(50)60)62(43-32-30-40(31-33-43)47-25-15-26-52-51-24-10-13-29-57(51)63-59(47)52)44-20-14-19-42(36-44)58-53(37-41-18-6-12-28-56(41)61-58)48-22-8-7-21-46(48)39-16-4-3-5-17-39/h3-38H,1-2H3. The second-order valence-corrected chi connectivity index (χ2v) is 18.2. The monoisotopic (exact) mass is 822 g/mol. The summed E-state index contributed by atoms with van der Waals surface area (Å²) in [5.41, 5.74) is 18.6. The number of fused-ring (bicyclic) bond motifs is 7. The molecule has 0 aliphatic heterocycles. The van der Waals surface area contributed by atoms with E-state index in [0.29, 0.717) is 0 Å². The predicted molar refractivity (Wildman–Crippen MR) is 269 cm³/mol. The molecule has 0 saturated carbocycles. The Hall–Kier alpha value is -7.59. The van der Waals surface area contributed by atoms with Crippen LogP contribution in [0.2, 0.25) is 0 Å². The summed E-state index contributed by atoms with van der Waals surface area (Å²) in [6, 6.07) is 79.7. The van der Waals surface area contributed by atoms with Gasteiger partial charge in [0.1, 0.15) is 0 Å². The highest BCUT2D eigenvalue weighted by molar-refractivity contribution is 7.26. The summed E-state index contributed by atoms with van der Waals surface area (Å²) in [7, 11) is 0. The number of thiophene rings is 1. The first-order valence-electron chi connectivity index (χ1n) is 21.7. The number of hydrogen-bond donors (Lipinski definition) is 0. The van der Waals surface area contributed by atoms with Crippen molar-refractivity contribution in [1.82, 2.24) is 4.98 Å². The number of rotatable bonds is 7. The topological polar surface area (TPSA) is 16.1 Å². The van der Waals surface area contributed by atoms with E-state index in [1.165, 1.54) is 64.7 Å². The van der Waals surface area contributed by atoms with Gasteiger partial charge in [-0.1, -0.05) is 178 Å². The molecule has 63 heavy (non-hydrogen) atoms. The van der Waals surface area contributed by atoms with Gasteiger partial charge in [-0.3, -0.25) is 0 Å². The molecule has 0 saturated heterocycles. The number of aromatic nitrogens is 1. The van der Waals surface area contributed by atoms with Gasteiger partial charge in [0.15, 0.2) is 0 Å². The summed E-state index contributed by atoms with van der Waals surface area (Å²) < 4.78 is 2.64. The average molecular weight is 823 g/mol. The summed E-state index contributed by atoms with van der Waals surface area (Å²) in [6.45, 7) is 4.71. The number of nitrogens with zero attached hydrogens (tertiary/aromatic N) is 2. The summed E-state index contributed by atoms with van der Waals surface area (Å²) in [6.07, 6.45) is 0. The van der Waals surface area contributed by atoms with Crippen LogP contribution >= 0.6 is 11.3 Å². The molecule has 3 heteroatoms. The van der Waals surface area contributed by atoms with Gasteiger partial charge in [-0.25, -0.2) is 4.98 Å². The third-order valence-corrected chi connectivity index (χ3v) is 14.3. The Labute approximate surface area is 372 Å². The molecule has 0 bridgehead atoms. The quantitative estimate of drug-likeness (QED) is 0.159. The van der Waals surface area contributed by atoms with Gasteiger partial charge < -0.3 is 4.90 Å². The van der Waals surface area contributed by atoms with Gasteiger partial charge in [0.25, 0.3) is 0 Å². The molecule has 2 heterocycles. The molecule has 2 aromatic heterocycles. The first-order chi connectivity index (χ1) is 31.0. The van der Waals surface area contributed by atoms with Gasteiger partial charge in [-0.2, -0.15) is 0 Å². The highest BCUT2D eigenvalue weighted by Crippen LogP contribution is 2.51. The van der Waals surface area contributed by atoms with Crippen LogP contribution in [-0.4, -0.2) is 4.98 Å². The second-order valence-electron chi connectivity index (χ2n) is 17.1. The normalized spacial score (nSPS) is 12.7. The molecule has 0 atom stereocenters. The summed E-state index contributed by atoms with van der Waals surface area (Å²) in [5, 5.41) is 3.74. The van der Waals surface area contributed by atoms with E-state index in [4.69, 9.17) is 4.98 Å². The fraction of sp³-hybridized carbons (Fsp3) is 0.0500. The Morgan fingerprint density at radius 2 is 1.02 bits per heavy atom. The molecular weight excluding hydrogens is 781 g/mol. The zero-order valence-corrected chi connectivity index (χ0v) is 35.9. The van der Waals surface area contributed by atoms with E-state index >= 15 is 0 Å². The number of para-hydroxylation sites is 1. The van der Waals surface area contributed by atoms with Crippen LogP contribution in [0, 0.1) is 0 Å². The molecule has 0 unspecified atom stereocenters. The molecule has 2 nitrogen and oxygen atoms in total. The van der Waals surface area contributed by atoms with Crippen LogP contribution in [0.5, 0.6) is 0 Å². The molecule has 11 aromatic rings. The fourth-order valence-corrected chi connectivity index (χ4v) is 11.2. The minimum absolute atomic E-state index is 0.141. The lowest BCUT2D eigenvalue weighted by molar-refractivity contribution is 0.660. The molecule has 1 aliphatic rings. The maximum Gasteiger partial charge on any atom is 0.0789 e. The molecule has 0 radical (unpaired) electrons. The molecule has 12 rings (SSSR count). The molecule has 298 valence electrons. The highest BCUT2D eigenvalue weighted by Gasteiger charge is 2.35. The van der Waals surface area contributed by atoms with E-state index in [9.17, 15) is 0 Å². The third-order valence-electron chi connectivity index (χ3n) is 13.1. The second kappa shape index (κ2) is 14.8. The predicted octanol–water partition coefficient (Wildman–Crippen LogP) is 17.0. The maximum absolute atomic E-state index is 5.46. The van der Waals surface area contributed by atoms with Crippen LogP contribution in [0.3, 0.4) is 0 Å². The fourth-order valence-electron chi connectivity index (χ4n) is 9.96. The first-order valence-corrected chi connectivity index (χ1v) is 22.5. The van der Waals surface area contributed by atoms with Gasteiger partial charge in [0, 0.05) is 59.2 Å². The molecule has 0 amide bonds. The van der Waals surface area contributed by atoms with E-state index in [1.54, 1.807) is 0 Å². The number of anilines is 3. The molecule has 9 aromatic carbocycles. The van der Waals surface area contributed by atoms with Crippen LogP contribution in [0.15, 0.2) is 218 Å². The Morgan fingerprint density at radius 1 is 0.397 bits per heavy atom. The molecule has 0 fully saturated rings. The molecule has 1 aliphatic carbocycles. The van der Waals surface area contributed by atoms with Crippen molar-refractivity contribution in [3.05, 3.63) is 230 Å². The molecule has 0 N–H and O–H groups in total. The summed E-state index contributed by atoms with van der Waals surface area (Å²) in [5.74, 6) is 0. The lowest BCUT2D eigenvalue weighted by atomic mass is 9.82. The van der Waals surface area contributed by atoms with Crippen LogP contribution in [0.4, 0.5) is 17.1 Å². The van der Waals surface area contributed by atoms with Crippen molar-refractivity contribution in [3.8, 4) is 55.8 Å². The van der Waals surface area contributed by atoms with Gasteiger partial charge >= 0.3 is 0 Å². The van der Waals surface area contributed by atoms with Crippen molar-refractivity contribution in [2.75, 3.05) is 4.90 Å². The van der Waals surface area contributed by atoms with E-state index in [1.807, 2.05) is 11.3 Å². The lowest BCUT2D eigenvalue weighted by Crippen LogP contribution is -2.16. The van der Waals surface area contributed by atoms with Crippen LogP contribution < -0.4 is 4.90 Å². The van der Waals surface area contributed by atoms with Crippen molar-refractivity contribution >= 4 is 59.5 Å². The third kappa shape index (κ3) is 6.19. The minimum atomic E-state index is -0.141. The largest absolute Gasteiger partial charge is 0.310 e. The van der Waals surface area contributed by atoms with Crippen molar-refractivity contribution in [3.63, 3.8) is 0 Å². The molecule has 0 spiro atoms. The Balaban J connectivity index is 1.03. The number of hydrogen-bond acceptors (Lipinski definition) is 3. The average Bonchev–Trinajstić information content (AvgIpc) is 3.83. The summed E-state index contributed by atoms with van der Waals surface area (Å²) >= 11 is 1.88. The van der Waals surface area contributed by atoms with Gasteiger partial charge in [-0.05, 0) is 105 Å². The lowest BCUT2D eigenvalue weighted by Gasteiger charge is -2.28. The maximum atomic E-state index is 5.46. The van der Waals surface area contributed by atoms with Crippen molar-refractivity contribution in [2.24, 2.45) is 0 Å². The van der Waals surface area contributed by atoms with E-state index < -0.39 is 0 Å². The van der Waals surface area contributed by atoms with Gasteiger partial charge in [-0.15, -0.1) is 11.3 Å².